The minimum Gasteiger partial charge on any atom is -0.493 e. The highest BCUT2D eigenvalue weighted by atomic mass is 16.5. The Morgan fingerprint density at radius 3 is 2.78 bits per heavy atom. The molecular weight excluding hydrogens is 234 g/mol. The lowest BCUT2D eigenvalue weighted by Crippen LogP contribution is -2.38. The molecule has 0 fully saturated rings. The molecule has 0 bridgehead atoms. The van der Waals surface area contributed by atoms with Crippen molar-refractivity contribution in [2.45, 2.75) is 26.3 Å². The van der Waals surface area contributed by atoms with Gasteiger partial charge in [-0.2, -0.15) is 0 Å². The Morgan fingerprint density at radius 2 is 2.17 bits per heavy atom. The van der Waals surface area contributed by atoms with E-state index in [2.05, 4.69) is 5.32 Å². The van der Waals surface area contributed by atoms with Gasteiger partial charge in [-0.25, -0.2) is 0 Å². The van der Waals surface area contributed by atoms with E-state index in [9.17, 15) is 9.59 Å². The van der Waals surface area contributed by atoms with Crippen molar-refractivity contribution in [3.63, 3.8) is 0 Å². The van der Waals surface area contributed by atoms with Crippen molar-refractivity contribution < 1.29 is 19.4 Å². The predicted molar refractivity (Wildman–Crippen MR) is 66.5 cm³/mol. The van der Waals surface area contributed by atoms with Crippen molar-refractivity contribution in [2.75, 3.05) is 6.61 Å². The highest BCUT2D eigenvalue weighted by molar-refractivity contribution is 5.83. The highest BCUT2D eigenvalue weighted by Gasteiger charge is 2.13. The van der Waals surface area contributed by atoms with Gasteiger partial charge in [0.25, 0.3) is 0 Å². The van der Waals surface area contributed by atoms with Crippen LogP contribution in [0.1, 0.15) is 18.9 Å². The predicted octanol–water partition coefficient (Wildman–Crippen LogP) is 1.35. The van der Waals surface area contributed by atoms with Gasteiger partial charge in [0.1, 0.15) is 11.8 Å². The highest BCUT2D eigenvalue weighted by Crippen LogP contribution is 2.12. The third-order valence-corrected chi connectivity index (χ3v) is 2.34. The van der Waals surface area contributed by atoms with Gasteiger partial charge in [0.2, 0.25) is 5.91 Å². The first kappa shape index (κ1) is 14.0. The Hall–Kier alpha value is -2.04. The molecule has 18 heavy (non-hydrogen) atoms. The molecule has 2 N–H and O–H groups in total. The van der Waals surface area contributed by atoms with Crippen molar-refractivity contribution in [3.05, 3.63) is 29.8 Å². The molecule has 0 heterocycles. The summed E-state index contributed by atoms with van der Waals surface area (Å²) in [5, 5.41) is 11.0. The monoisotopic (exact) mass is 251 g/mol. The fourth-order valence-electron chi connectivity index (χ4n) is 1.34. The standard InChI is InChI=1S/C13H17NO4/c1-9-4-3-5-11(8-9)18-7-6-12(15)14-10(2)13(16)17/h3-5,8,10H,6-7H2,1-2H3,(H,14,15)(H,16,17)/t10-/m1/s1. The molecule has 1 aromatic carbocycles. The second-order valence-corrected chi connectivity index (χ2v) is 4.04. The van der Waals surface area contributed by atoms with E-state index in [0.29, 0.717) is 5.75 Å². The maximum absolute atomic E-state index is 11.4. The smallest absolute Gasteiger partial charge is 0.325 e. The molecular formula is C13H17NO4. The van der Waals surface area contributed by atoms with Crippen molar-refractivity contribution >= 4 is 11.9 Å². The summed E-state index contributed by atoms with van der Waals surface area (Å²) in [6.45, 7) is 3.59. The molecule has 1 atom stereocenters. The van der Waals surface area contributed by atoms with Crippen LogP contribution in [0.2, 0.25) is 0 Å². The molecule has 0 aromatic heterocycles. The van der Waals surface area contributed by atoms with E-state index in [0.717, 1.165) is 5.56 Å². The largest absolute Gasteiger partial charge is 0.493 e. The maximum atomic E-state index is 11.4. The summed E-state index contributed by atoms with van der Waals surface area (Å²) in [5.41, 5.74) is 1.08. The molecule has 0 saturated carbocycles. The number of benzene rings is 1. The first-order valence-corrected chi connectivity index (χ1v) is 5.70. The number of carboxylic acids is 1. The van der Waals surface area contributed by atoms with Crippen LogP contribution >= 0.6 is 0 Å². The van der Waals surface area contributed by atoms with Gasteiger partial charge in [0.05, 0.1) is 13.0 Å². The van der Waals surface area contributed by atoms with Crippen LogP contribution < -0.4 is 10.1 Å². The van der Waals surface area contributed by atoms with E-state index >= 15 is 0 Å². The number of carbonyl (C=O) groups excluding carboxylic acids is 1. The van der Waals surface area contributed by atoms with E-state index < -0.39 is 12.0 Å². The number of aryl methyl sites for hydroxylation is 1. The molecule has 1 amide bonds. The van der Waals surface area contributed by atoms with Crippen LogP contribution in [-0.2, 0) is 9.59 Å². The Kier molecular flexibility index (Phi) is 5.17. The average Bonchev–Trinajstić information content (AvgIpc) is 2.28. The number of ether oxygens (including phenoxy) is 1. The van der Waals surface area contributed by atoms with Gasteiger partial charge in [0, 0.05) is 0 Å². The van der Waals surface area contributed by atoms with Crippen molar-refractivity contribution in [1.29, 1.82) is 0 Å². The molecule has 0 unspecified atom stereocenters. The molecule has 0 radical (unpaired) electrons. The summed E-state index contributed by atoms with van der Waals surface area (Å²) in [7, 11) is 0. The Balaban J connectivity index is 2.29. The Bertz CT molecular complexity index is 431. The fourth-order valence-corrected chi connectivity index (χ4v) is 1.34. The van der Waals surface area contributed by atoms with Gasteiger partial charge in [-0.3, -0.25) is 9.59 Å². The van der Waals surface area contributed by atoms with Gasteiger partial charge < -0.3 is 15.2 Å². The maximum Gasteiger partial charge on any atom is 0.325 e. The zero-order chi connectivity index (χ0) is 13.5. The Labute approximate surface area is 106 Å². The molecule has 1 aromatic rings. The fraction of sp³-hybridized carbons (Fsp3) is 0.385. The Morgan fingerprint density at radius 1 is 1.44 bits per heavy atom. The summed E-state index contributed by atoms with van der Waals surface area (Å²) in [6, 6.07) is 6.63. The van der Waals surface area contributed by atoms with Crippen molar-refractivity contribution in [1.82, 2.24) is 5.32 Å². The SMILES string of the molecule is Cc1cccc(OCCC(=O)N[C@H](C)C(=O)O)c1. The number of hydrogen-bond donors (Lipinski definition) is 2. The number of carbonyl (C=O) groups is 2. The molecule has 0 aliphatic heterocycles. The van der Waals surface area contributed by atoms with E-state index in [1.807, 2.05) is 31.2 Å². The number of amides is 1. The number of carboxylic acid groups (broad SMARTS) is 1. The van der Waals surface area contributed by atoms with Gasteiger partial charge in [-0.15, -0.1) is 0 Å². The quantitative estimate of drug-likeness (QED) is 0.800. The van der Waals surface area contributed by atoms with Crippen LogP contribution in [0.15, 0.2) is 24.3 Å². The third-order valence-electron chi connectivity index (χ3n) is 2.34. The second-order valence-electron chi connectivity index (χ2n) is 4.04. The number of nitrogens with one attached hydrogen (secondary N) is 1. The lowest BCUT2D eigenvalue weighted by molar-refractivity contribution is -0.141. The second kappa shape index (κ2) is 6.64. The molecule has 0 aliphatic carbocycles. The summed E-state index contributed by atoms with van der Waals surface area (Å²) in [5.74, 6) is -0.686. The first-order valence-electron chi connectivity index (χ1n) is 5.70. The van der Waals surface area contributed by atoms with Crippen LogP contribution in [0.25, 0.3) is 0 Å². The van der Waals surface area contributed by atoms with E-state index in [1.54, 1.807) is 0 Å². The molecule has 5 nitrogen and oxygen atoms in total. The number of rotatable bonds is 6. The zero-order valence-electron chi connectivity index (χ0n) is 10.5. The summed E-state index contributed by atoms with van der Waals surface area (Å²) >= 11 is 0. The lowest BCUT2D eigenvalue weighted by Gasteiger charge is -2.10. The van der Waals surface area contributed by atoms with Gasteiger partial charge in [-0.1, -0.05) is 12.1 Å². The first-order chi connectivity index (χ1) is 8.49. The third kappa shape index (κ3) is 4.86. The minimum atomic E-state index is -1.05. The normalized spacial score (nSPS) is 11.7. The van der Waals surface area contributed by atoms with E-state index in [4.69, 9.17) is 9.84 Å². The van der Waals surface area contributed by atoms with Crippen molar-refractivity contribution in [2.24, 2.45) is 0 Å². The van der Waals surface area contributed by atoms with Crippen LogP contribution in [0.3, 0.4) is 0 Å². The number of hydrogen-bond acceptors (Lipinski definition) is 3. The van der Waals surface area contributed by atoms with Gasteiger partial charge in [-0.05, 0) is 31.5 Å². The van der Waals surface area contributed by atoms with Crippen LogP contribution in [0.5, 0.6) is 5.75 Å². The molecule has 0 saturated heterocycles. The lowest BCUT2D eigenvalue weighted by atomic mass is 10.2. The minimum absolute atomic E-state index is 0.131. The number of aliphatic carboxylic acids is 1. The molecule has 98 valence electrons. The zero-order valence-corrected chi connectivity index (χ0v) is 10.5. The molecule has 0 aliphatic rings. The molecule has 0 spiro atoms. The summed E-state index contributed by atoms with van der Waals surface area (Å²) in [4.78, 5) is 21.9. The van der Waals surface area contributed by atoms with Gasteiger partial charge in [0.15, 0.2) is 0 Å². The summed E-state index contributed by atoms with van der Waals surface area (Å²) in [6.07, 6.45) is 0.131. The van der Waals surface area contributed by atoms with E-state index in [-0.39, 0.29) is 18.9 Å². The van der Waals surface area contributed by atoms with E-state index in [1.165, 1.54) is 6.92 Å². The van der Waals surface area contributed by atoms with Crippen LogP contribution in [0.4, 0.5) is 0 Å². The topological polar surface area (TPSA) is 75.6 Å². The average molecular weight is 251 g/mol. The van der Waals surface area contributed by atoms with Crippen LogP contribution in [-0.4, -0.2) is 29.6 Å². The van der Waals surface area contributed by atoms with Crippen LogP contribution in [0, 0.1) is 6.92 Å². The van der Waals surface area contributed by atoms with Crippen molar-refractivity contribution in [3.8, 4) is 5.75 Å². The molecule has 5 heteroatoms. The molecule has 1 rings (SSSR count). The van der Waals surface area contributed by atoms with Gasteiger partial charge >= 0.3 is 5.97 Å². The summed E-state index contributed by atoms with van der Waals surface area (Å²) < 4.78 is 5.39.